The first kappa shape index (κ1) is 15.6. The quantitative estimate of drug-likeness (QED) is 0.919. The molecule has 1 aliphatic heterocycles. The fraction of sp³-hybridized carbons (Fsp3) is 0.444. The number of carbonyl (C=O) groups excluding carboxylic acids is 1. The first-order chi connectivity index (χ1) is 10.9. The Morgan fingerprint density at radius 3 is 2.87 bits per heavy atom. The number of amides is 1. The molecule has 1 atom stereocenters. The van der Waals surface area contributed by atoms with Crippen molar-refractivity contribution >= 4 is 22.6 Å². The molecule has 0 radical (unpaired) electrons. The third-order valence-corrected chi connectivity index (χ3v) is 3.87. The molecule has 1 saturated heterocycles. The Bertz CT molecular complexity index is 703. The smallest absolute Gasteiger partial charge is 0.410 e. The summed E-state index contributed by atoms with van der Waals surface area (Å²) in [5.74, 6) is 0. The number of benzene rings is 1. The minimum absolute atomic E-state index is 0.218. The molecule has 1 fully saturated rings. The van der Waals surface area contributed by atoms with Crippen LogP contribution in [0.2, 0.25) is 0 Å². The molecule has 0 saturated carbocycles. The second-order valence-electron chi connectivity index (χ2n) is 6.96. The van der Waals surface area contributed by atoms with Crippen molar-refractivity contribution in [2.45, 2.75) is 38.8 Å². The summed E-state index contributed by atoms with van der Waals surface area (Å²) < 4.78 is 5.44. The van der Waals surface area contributed by atoms with E-state index in [1.807, 2.05) is 45.3 Å². The molecule has 5 nitrogen and oxygen atoms in total. The molecular weight excluding hydrogens is 290 g/mol. The normalized spacial score (nSPS) is 18.2. The molecule has 1 aliphatic rings. The second kappa shape index (κ2) is 6.07. The van der Waals surface area contributed by atoms with Crippen molar-refractivity contribution in [3.05, 3.63) is 36.7 Å². The number of hydrogen-bond acceptors (Lipinski definition) is 4. The van der Waals surface area contributed by atoms with Crippen LogP contribution >= 0.6 is 0 Å². The fourth-order valence-electron chi connectivity index (χ4n) is 2.82. The molecule has 1 aromatic heterocycles. The van der Waals surface area contributed by atoms with Gasteiger partial charge in [-0.1, -0.05) is 24.3 Å². The third kappa shape index (κ3) is 3.73. The van der Waals surface area contributed by atoms with E-state index in [1.165, 1.54) is 0 Å². The summed E-state index contributed by atoms with van der Waals surface area (Å²) in [5, 5.41) is 5.78. The SMILES string of the molecule is CC(C)(C)OC(=O)N1CC[C@@H](Nc2cncc3ccccc23)C1. The number of nitrogens with one attached hydrogen (secondary N) is 1. The number of ether oxygens (including phenoxy) is 1. The number of likely N-dealkylation sites (tertiary alicyclic amines) is 1. The highest BCUT2D eigenvalue weighted by Gasteiger charge is 2.29. The summed E-state index contributed by atoms with van der Waals surface area (Å²) in [6.45, 7) is 7.03. The number of hydrogen-bond donors (Lipinski definition) is 1. The maximum atomic E-state index is 12.1. The monoisotopic (exact) mass is 313 g/mol. The highest BCUT2D eigenvalue weighted by Crippen LogP contribution is 2.24. The third-order valence-electron chi connectivity index (χ3n) is 3.87. The van der Waals surface area contributed by atoms with Gasteiger partial charge in [-0.2, -0.15) is 0 Å². The summed E-state index contributed by atoms with van der Waals surface area (Å²) in [6.07, 6.45) is 4.38. The van der Waals surface area contributed by atoms with Gasteiger partial charge in [0.15, 0.2) is 0 Å². The molecular formula is C18H23N3O2. The van der Waals surface area contributed by atoms with Gasteiger partial charge in [-0.25, -0.2) is 4.79 Å². The first-order valence-corrected chi connectivity index (χ1v) is 7.99. The van der Waals surface area contributed by atoms with Gasteiger partial charge in [0.1, 0.15) is 5.60 Å². The lowest BCUT2D eigenvalue weighted by Gasteiger charge is -2.24. The van der Waals surface area contributed by atoms with E-state index in [9.17, 15) is 4.79 Å². The van der Waals surface area contributed by atoms with Gasteiger partial charge < -0.3 is 15.0 Å². The van der Waals surface area contributed by atoms with Crippen LogP contribution in [0.5, 0.6) is 0 Å². The van der Waals surface area contributed by atoms with Gasteiger partial charge in [0, 0.05) is 36.1 Å². The lowest BCUT2D eigenvalue weighted by atomic mass is 10.1. The predicted octanol–water partition coefficient (Wildman–Crippen LogP) is 3.66. The van der Waals surface area contributed by atoms with Gasteiger partial charge in [0.2, 0.25) is 0 Å². The molecule has 2 heterocycles. The lowest BCUT2D eigenvalue weighted by molar-refractivity contribution is 0.0293. The van der Waals surface area contributed by atoms with Crippen LogP contribution in [-0.2, 0) is 4.74 Å². The van der Waals surface area contributed by atoms with E-state index in [2.05, 4.69) is 22.4 Å². The Kier molecular flexibility index (Phi) is 4.11. The van der Waals surface area contributed by atoms with Crippen molar-refractivity contribution < 1.29 is 9.53 Å². The summed E-state index contributed by atoms with van der Waals surface area (Å²) in [7, 11) is 0. The molecule has 122 valence electrons. The predicted molar refractivity (Wildman–Crippen MR) is 91.6 cm³/mol. The molecule has 1 aromatic carbocycles. The maximum Gasteiger partial charge on any atom is 0.410 e. The number of fused-ring (bicyclic) bond motifs is 1. The highest BCUT2D eigenvalue weighted by molar-refractivity contribution is 5.92. The number of anilines is 1. The van der Waals surface area contributed by atoms with Crippen LogP contribution in [0.1, 0.15) is 27.2 Å². The molecule has 5 heteroatoms. The zero-order chi connectivity index (χ0) is 16.4. The van der Waals surface area contributed by atoms with Crippen molar-refractivity contribution in [1.82, 2.24) is 9.88 Å². The Morgan fingerprint density at radius 2 is 2.09 bits per heavy atom. The molecule has 2 aromatic rings. The van der Waals surface area contributed by atoms with E-state index in [1.54, 1.807) is 4.90 Å². The van der Waals surface area contributed by atoms with Crippen molar-refractivity contribution in [2.24, 2.45) is 0 Å². The Morgan fingerprint density at radius 1 is 1.30 bits per heavy atom. The number of rotatable bonds is 2. The Balaban J connectivity index is 1.67. The largest absolute Gasteiger partial charge is 0.444 e. The summed E-state index contributed by atoms with van der Waals surface area (Å²) in [5.41, 5.74) is 0.557. The topological polar surface area (TPSA) is 54.5 Å². The van der Waals surface area contributed by atoms with E-state index in [0.29, 0.717) is 13.1 Å². The van der Waals surface area contributed by atoms with E-state index in [-0.39, 0.29) is 12.1 Å². The van der Waals surface area contributed by atoms with Crippen LogP contribution in [0, 0.1) is 0 Å². The van der Waals surface area contributed by atoms with E-state index in [4.69, 9.17) is 4.74 Å². The molecule has 1 N–H and O–H groups in total. The van der Waals surface area contributed by atoms with E-state index < -0.39 is 5.60 Å². The van der Waals surface area contributed by atoms with Crippen LogP contribution in [-0.4, -0.2) is 40.7 Å². The van der Waals surface area contributed by atoms with Gasteiger partial charge in [0.05, 0.1) is 11.9 Å². The van der Waals surface area contributed by atoms with E-state index in [0.717, 1.165) is 22.9 Å². The highest BCUT2D eigenvalue weighted by atomic mass is 16.6. The van der Waals surface area contributed by atoms with Gasteiger partial charge in [-0.15, -0.1) is 0 Å². The van der Waals surface area contributed by atoms with Gasteiger partial charge >= 0.3 is 6.09 Å². The summed E-state index contributed by atoms with van der Waals surface area (Å²) in [6, 6.07) is 8.38. The van der Waals surface area contributed by atoms with Crippen LogP contribution < -0.4 is 5.32 Å². The number of pyridine rings is 1. The fourth-order valence-corrected chi connectivity index (χ4v) is 2.82. The summed E-state index contributed by atoms with van der Waals surface area (Å²) in [4.78, 5) is 18.2. The van der Waals surface area contributed by atoms with Crippen LogP contribution in [0.4, 0.5) is 10.5 Å². The average Bonchev–Trinajstić information content (AvgIpc) is 2.95. The Labute approximate surface area is 136 Å². The number of nitrogens with zero attached hydrogens (tertiary/aromatic N) is 2. The van der Waals surface area contributed by atoms with Crippen molar-refractivity contribution in [1.29, 1.82) is 0 Å². The molecule has 3 rings (SSSR count). The van der Waals surface area contributed by atoms with Gasteiger partial charge in [-0.3, -0.25) is 4.98 Å². The van der Waals surface area contributed by atoms with Crippen LogP contribution in [0.3, 0.4) is 0 Å². The molecule has 0 bridgehead atoms. The zero-order valence-electron chi connectivity index (χ0n) is 13.9. The van der Waals surface area contributed by atoms with Crippen molar-refractivity contribution in [3.63, 3.8) is 0 Å². The van der Waals surface area contributed by atoms with Gasteiger partial charge in [0.25, 0.3) is 0 Å². The summed E-state index contributed by atoms with van der Waals surface area (Å²) >= 11 is 0. The number of aromatic nitrogens is 1. The van der Waals surface area contributed by atoms with E-state index >= 15 is 0 Å². The second-order valence-corrected chi connectivity index (χ2v) is 6.96. The van der Waals surface area contributed by atoms with Crippen LogP contribution in [0.25, 0.3) is 10.8 Å². The maximum absolute atomic E-state index is 12.1. The number of carbonyl (C=O) groups is 1. The molecule has 0 unspecified atom stereocenters. The molecule has 0 spiro atoms. The standard InChI is InChI=1S/C18H23N3O2/c1-18(2,3)23-17(22)21-9-8-14(12-21)20-16-11-19-10-13-6-4-5-7-15(13)16/h4-7,10-11,14,20H,8-9,12H2,1-3H3/t14-/m1/s1. The van der Waals surface area contributed by atoms with Crippen molar-refractivity contribution in [2.75, 3.05) is 18.4 Å². The van der Waals surface area contributed by atoms with Crippen LogP contribution in [0.15, 0.2) is 36.7 Å². The minimum atomic E-state index is -0.456. The van der Waals surface area contributed by atoms with Crippen molar-refractivity contribution in [3.8, 4) is 0 Å². The molecule has 1 amide bonds. The minimum Gasteiger partial charge on any atom is -0.444 e. The molecule has 0 aliphatic carbocycles. The lowest BCUT2D eigenvalue weighted by Crippen LogP contribution is -2.36. The average molecular weight is 313 g/mol. The zero-order valence-corrected chi connectivity index (χ0v) is 13.9. The Hall–Kier alpha value is -2.30. The first-order valence-electron chi connectivity index (χ1n) is 7.99. The molecule has 23 heavy (non-hydrogen) atoms. The van der Waals surface area contributed by atoms with Gasteiger partial charge in [-0.05, 0) is 27.2 Å².